The summed E-state index contributed by atoms with van der Waals surface area (Å²) in [5.41, 5.74) is 1.12. The first kappa shape index (κ1) is 27.0. The number of aliphatic imine (C=N–C) groups is 1. The Morgan fingerprint density at radius 1 is 1.14 bits per heavy atom. The van der Waals surface area contributed by atoms with E-state index in [1.165, 1.54) is 12.1 Å². The van der Waals surface area contributed by atoms with Crippen LogP contribution in [0.25, 0.3) is 0 Å². The highest BCUT2D eigenvalue weighted by molar-refractivity contribution is 6.46. The van der Waals surface area contributed by atoms with Crippen LogP contribution in [0, 0.1) is 11.2 Å². The van der Waals surface area contributed by atoms with Gasteiger partial charge in [-0.15, -0.1) is 0 Å². The smallest absolute Gasteiger partial charge is 0.305 e. The molecular weight excluding hydrogens is 461 g/mol. The average molecular weight is 496 g/mol. The minimum atomic E-state index is -0.981. The molecule has 0 radical (unpaired) electrons. The van der Waals surface area contributed by atoms with Gasteiger partial charge in [0, 0.05) is 17.7 Å². The van der Waals surface area contributed by atoms with E-state index in [1.54, 1.807) is 29.2 Å². The topological polar surface area (TPSA) is 99.1 Å². The molecule has 2 amide bonds. The molecule has 1 heterocycles. The minimum absolute atomic E-state index is 0.0291. The zero-order valence-electron chi connectivity index (χ0n) is 21.5. The summed E-state index contributed by atoms with van der Waals surface area (Å²) >= 11 is 0. The Bertz CT molecular complexity index is 1170. The molecule has 0 aliphatic carbocycles. The minimum Gasteiger partial charge on any atom is -0.481 e. The van der Waals surface area contributed by atoms with E-state index in [0.29, 0.717) is 17.5 Å². The molecule has 2 aromatic rings. The van der Waals surface area contributed by atoms with Gasteiger partial charge < -0.3 is 15.3 Å². The Morgan fingerprint density at radius 3 is 2.39 bits per heavy atom. The largest absolute Gasteiger partial charge is 0.481 e. The molecular formula is C28H34FN3O4. The van der Waals surface area contributed by atoms with Crippen molar-refractivity contribution in [3.8, 4) is 0 Å². The molecule has 0 saturated carbocycles. The molecule has 0 aromatic heterocycles. The zero-order chi connectivity index (χ0) is 26.7. The lowest BCUT2D eigenvalue weighted by molar-refractivity contribution is -0.136. The number of amides is 2. The van der Waals surface area contributed by atoms with Crippen molar-refractivity contribution >= 4 is 23.5 Å². The second kappa shape index (κ2) is 10.6. The quantitative estimate of drug-likeness (QED) is 0.513. The zero-order valence-corrected chi connectivity index (χ0v) is 21.5. The number of carbonyl (C=O) groups is 3. The first-order chi connectivity index (χ1) is 16.8. The first-order valence-electron chi connectivity index (χ1n) is 12.1. The van der Waals surface area contributed by atoms with Crippen molar-refractivity contribution in [1.82, 2.24) is 10.2 Å². The fourth-order valence-electron chi connectivity index (χ4n) is 4.34. The number of carbonyl (C=O) groups excluding carboxylic acids is 2. The number of hydrogen-bond acceptors (Lipinski definition) is 4. The monoisotopic (exact) mass is 495 g/mol. The number of carboxylic acid groups (broad SMARTS) is 1. The number of nitrogens with one attached hydrogen (secondary N) is 1. The van der Waals surface area contributed by atoms with Crippen LogP contribution < -0.4 is 5.32 Å². The lowest BCUT2D eigenvalue weighted by atomic mass is 9.86. The summed E-state index contributed by atoms with van der Waals surface area (Å²) in [7, 11) is 0. The van der Waals surface area contributed by atoms with Crippen molar-refractivity contribution in [2.24, 2.45) is 10.4 Å². The summed E-state index contributed by atoms with van der Waals surface area (Å²) in [5.74, 6) is -2.03. The van der Waals surface area contributed by atoms with Gasteiger partial charge in [-0.05, 0) is 61.9 Å². The van der Waals surface area contributed by atoms with E-state index in [-0.39, 0.29) is 41.9 Å². The maximum absolute atomic E-state index is 13.9. The van der Waals surface area contributed by atoms with Crippen LogP contribution >= 0.6 is 0 Å². The van der Waals surface area contributed by atoms with Gasteiger partial charge in [-0.1, -0.05) is 45.0 Å². The molecule has 1 aliphatic rings. The third-order valence-electron chi connectivity index (χ3n) is 6.16. The van der Waals surface area contributed by atoms with Crippen molar-refractivity contribution in [3.63, 3.8) is 0 Å². The Kier molecular flexibility index (Phi) is 7.96. The normalized spacial score (nSPS) is 16.0. The molecule has 0 spiro atoms. The van der Waals surface area contributed by atoms with Gasteiger partial charge in [-0.3, -0.25) is 19.4 Å². The number of halogens is 1. The second-order valence-corrected chi connectivity index (χ2v) is 10.8. The lowest BCUT2D eigenvalue weighted by Gasteiger charge is -2.38. The molecule has 0 unspecified atom stereocenters. The molecule has 1 aliphatic heterocycles. The highest BCUT2D eigenvalue weighted by atomic mass is 19.1. The summed E-state index contributed by atoms with van der Waals surface area (Å²) in [6.07, 6.45) is 1.36. The van der Waals surface area contributed by atoms with Gasteiger partial charge >= 0.3 is 5.97 Å². The van der Waals surface area contributed by atoms with Gasteiger partial charge in [0.05, 0.1) is 12.5 Å². The van der Waals surface area contributed by atoms with E-state index in [9.17, 15) is 18.8 Å². The summed E-state index contributed by atoms with van der Waals surface area (Å²) in [5, 5.41) is 11.4. The van der Waals surface area contributed by atoms with Gasteiger partial charge in [-0.2, -0.15) is 0 Å². The van der Waals surface area contributed by atoms with E-state index >= 15 is 0 Å². The van der Waals surface area contributed by atoms with Crippen molar-refractivity contribution in [1.29, 1.82) is 0 Å². The molecule has 3 rings (SSSR count). The van der Waals surface area contributed by atoms with Crippen molar-refractivity contribution < 1.29 is 23.9 Å². The first-order valence-corrected chi connectivity index (χ1v) is 12.1. The molecule has 0 fully saturated rings. The van der Waals surface area contributed by atoms with Gasteiger partial charge in [-0.25, -0.2) is 4.39 Å². The average Bonchev–Trinajstić information content (AvgIpc) is 3.02. The Hall–Kier alpha value is -3.55. The Labute approximate surface area is 211 Å². The number of benzene rings is 2. The van der Waals surface area contributed by atoms with Crippen molar-refractivity contribution in [3.05, 3.63) is 71.0 Å². The van der Waals surface area contributed by atoms with Crippen LogP contribution in [0.5, 0.6) is 0 Å². The SMILES string of the molecule is CC(C)(C)CC[C@H](c1ccc(C(=O)NCCC(=O)O)cc1)N1C(=O)C(c2cccc(F)c2)=NC1(C)C. The molecule has 7 nitrogen and oxygen atoms in total. The van der Waals surface area contributed by atoms with Crippen LogP contribution in [-0.2, 0) is 9.59 Å². The van der Waals surface area contributed by atoms with Crippen LogP contribution in [0.1, 0.15) is 81.4 Å². The second-order valence-electron chi connectivity index (χ2n) is 10.8. The van der Waals surface area contributed by atoms with E-state index in [1.807, 2.05) is 26.0 Å². The highest BCUT2D eigenvalue weighted by Crippen LogP contribution is 2.39. The fourth-order valence-corrected chi connectivity index (χ4v) is 4.34. The molecule has 2 N–H and O–H groups in total. The Balaban J connectivity index is 1.90. The summed E-state index contributed by atoms with van der Waals surface area (Å²) in [6, 6.07) is 12.6. The molecule has 192 valence electrons. The van der Waals surface area contributed by atoms with Gasteiger partial charge in [0.15, 0.2) is 0 Å². The van der Waals surface area contributed by atoms with Crippen molar-refractivity contribution in [2.45, 2.75) is 65.6 Å². The van der Waals surface area contributed by atoms with Gasteiger partial charge in [0.25, 0.3) is 11.8 Å². The van der Waals surface area contributed by atoms with Gasteiger partial charge in [0.2, 0.25) is 0 Å². The number of carboxylic acids is 1. The Morgan fingerprint density at radius 2 is 1.81 bits per heavy atom. The molecule has 0 bridgehead atoms. The molecule has 36 heavy (non-hydrogen) atoms. The molecule has 2 aromatic carbocycles. The standard InChI is InChI=1S/C28H34FN3O4/c1-27(2,3)15-13-22(18-9-11-19(12-10-18)25(35)30-16-14-23(33)34)32-26(36)24(31-28(32,4)5)20-7-6-8-21(29)17-20/h6-12,17,22H,13-16H2,1-5H3,(H,30,35)(H,33,34)/t22-/m1/s1. The highest BCUT2D eigenvalue weighted by Gasteiger charge is 2.45. The van der Waals surface area contributed by atoms with E-state index in [2.05, 4.69) is 26.1 Å². The number of aliphatic carboxylic acids is 1. The summed E-state index contributed by atoms with van der Waals surface area (Å²) in [6.45, 7) is 10.2. The maximum atomic E-state index is 13.9. The molecule has 0 saturated heterocycles. The van der Waals surface area contributed by atoms with Crippen LogP contribution in [0.2, 0.25) is 0 Å². The third kappa shape index (κ3) is 6.56. The predicted molar refractivity (Wildman–Crippen MR) is 136 cm³/mol. The van der Waals surface area contributed by atoms with E-state index < -0.39 is 17.4 Å². The van der Waals surface area contributed by atoms with Crippen molar-refractivity contribution in [2.75, 3.05) is 6.54 Å². The van der Waals surface area contributed by atoms with Crippen LogP contribution in [0.15, 0.2) is 53.5 Å². The van der Waals surface area contributed by atoms with Crippen LogP contribution in [-0.4, -0.2) is 45.7 Å². The number of hydrogen-bond donors (Lipinski definition) is 2. The maximum Gasteiger partial charge on any atom is 0.305 e. The fraction of sp³-hybridized carbons (Fsp3) is 0.429. The van der Waals surface area contributed by atoms with Gasteiger partial charge in [0.1, 0.15) is 17.2 Å². The van der Waals surface area contributed by atoms with Crippen LogP contribution in [0.4, 0.5) is 4.39 Å². The number of rotatable bonds is 9. The van der Waals surface area contributed by atoms with E-state index in [0.717, 1.165) is 12.0 Å². The molecule has 1 atom stereocenters. The lowest BCUT2D eigenvalue weighted by Crippen LogP contribution is -2.45. The molecule has 8 heteroatoms. The number of nitrogens with zero attached hydrogens (tertiary/aromatic N) is 2. The van der Waals surface area contributed by atoms with E-state index in [4.69, 9.17) is 10.1 Å². The predicted octanol–water partition coefficient (Wildman–Crippen LogP) is 4.97. The van der Waals surface area contributed by atoms with Crippen LogP contribution in [0.3, 0.4) is 0 Å². The summed E-state index contributed by atoms with van der Waals surface area (Å²) in [4.78, 5) is 43.2. The third-order valence-corrected chi connectivity index (χ3v) is 6.16. The summed E-state index contributed by atoms with van der Waals surface area (Å²) < 4.78 is 13.9.